The lowest BCUT2D eigenvalue weighted by molar-refractivity contribution is -0.117. The maximum absolute atomic E-state index is 11.6. The van der Waals surface area contributed by atoms with Crippen molar-refractivity contribution >= 4 is 28.2 Å². The van der Waals surface area contributed by atoms with Crippen LogP contribution in [0.3, 0.4) is 0 Å². The molecule has 0 saturated carbocycles. The van der Waals surface area contributed by atoms with Crippen LogP contribution >= 0.6 is 11.3 Å². The van der Waals surface area contributed by atoms with E-state index in [-0.39, 0.29) is 11.9 Å². The Morgan fingerprint density at radius 2 is 2.44 bits per heavy atom. The Morgan fingerprint density at radius 1 is 1.69 bits per heavy atom. The van der Waals surface area contributed by atoms with Crippen LogP contribution in [0.5, 0.6) is 0 Å². The Hall–Kier alpha value is -1.40. The second-order valence-electron chi connectivity index (χ2n) is 3.60. The number of carbonyl (C=O) groups excluding carboxylic acids is 2. The highest BCUT2D eigenvalue weighted by Crippen LogP contribution is 2.31. The predicted molar refractivity (Wildman–Crippen MR) is 60.6 cm³/mol. The summed E-state index contributed by atoms with van der Waals surface area (Å²) in [6.07, 6.45) is 0.332. The molecule has 0 radical (unpaired) electrons. The van der Waals surface area contributed by atoms with Crippen molar-refractivity contribution in [2.45, 2.75) is 12.5 Å². The number of thiophene rings is 1. The van der Waals surface area contributed by atoms with Crippen LogP contribution in [0.1, 0.15) is 16.8 Å². The van der Waals surface area contributed by atoms with E-state index in [2.05, 4.69) is 4.74 Å². The molecular weight excluding hydrogens is 228 g/mol. The first-order valence-electron chi connectivity index (χ1n) is 4.85. The molecule has 1 aromatic heterocycles. The molecule has 1 amide bonds. The molecule has 1 saturated heterocycles. The lowest BCUT2D eigenvalue weighted by Crippen LogP contribution is -2.28. The number of hydrogen-bond acceptors (Lipinski definition) is 5. The number of esters is 1. The molecule has 2 heterocycles. The minimum atomic E-state index is -0.426. The van der Waals surface area contributed by atoms with E-state index < -0.39 is 5.97 Å². The van der Waals surface area contributed by atoms with Crippen molar-refractivity contribution in [2.75, 3.05) is 18.6 Å². The highest BCUT2D eigenvalue weighted by atomic mass is 32.1. The summed E-state index contributed by atoms with van der Waals surface area (Å²) in [5.41, 5.74) is 6.13. The van der Waals surface area contributed by atoms with Crippen LogP contribution in [0.25, 0.3) is 0 Å². The number of rotatable bonds is 2. The van der Waals surface area contributed by atoms with Crippen molar-refractivity contribution in [3.8, 4) is 0 Å². The lowest BCUT2D eigenvalue weighted by atomic mass is 10.3. The average Bonchev–Trinajstić information content (AvgIpc) is 2.83. The van der Waals surface area contributed by atoms with Gasteiger partial charge in [-0.1, -0.05) is 0 Å². The molecule has 6 heteroatoms. The van der Waals surface area contributed by atoms with Gasteiger partial charge in [0.1, 0.15) is 5.00 Å². The monoisotopic (exact) mass is 240 g/mol. The molecule has 1 aromatic rings. The normalized spacial score (nSPS) is 20.2. The van der Waals surface area contributed by atoms with Crippen LogP contribution in [0.4, 0.5) is 5.00 Å². The fourth-order valence-electron chi connectivity index (χ4n) is 1.71. The van der Waals surface area contributed by atoms with Crippen LogP contribution in [0.15, 0.2) is 11.4 Å². The van der Waals surface area contributed by atoms with Gasteiger partial charge in [-0.15, -0.1) is 11.3 Å². The minimum Gasteiger partial charge on any atom is -0.465 e. The lowest BCUT2D eigenvalue weighted by Gasteiger charge is -2.15. The smallest absolute Gasteiger partial charge is 0.340 e. The minimum absolute atomic E-state index is 0.0416. The first-order chi connectivity index (χ1) is 7.63. The van der Waals surface area contributed by atoms with Crippen molar-refractivity contribution in [1.82, 2.24) is 0 Å². The van der Waals surface area contributed by atoms with E-state index in [1.54, 1.807) is 16.3 Å². The first kappa shape index (κ1) is 11.1. The molecule has 2 rings (SSSR count). The van der Waals surface area contributed by atoms with Crippen LogP contribution < -0.4 is 10.6 Å². The molecule has 1 aliphatic rings. The standard InChI is InChI=1S/C10H12N2O3S/c1-15-10(14)7-2-3-16-9(7)12-5-6(11)4-8(12)13/h2-3,6H,4-5,11H2,1H3. The van der Waals surface area contributed by atoms with E-state index in [9.17, 15) is 9.59 Å². The second-order valence-corrected chi connectivity index (χ2v) is 4.49. The topological polar surface area (TPSA) is 72.6 Å². The third-order valence-corrected chi connectivity index (χ3v) is 3.39. The third-order valence-electron chi connectivity index (χ3n) is 2.45. The molecule has 16 heavy (non-hydrogen) atoms. The number of carbonyl (C=O) groups is 2. The summed E-state index contributed by atoms with van der Waals surface area (Å²) in [4.78, 5) is 24.7. The quantitative estimate of drug-likeness (QED) is 0.768. The van der Waals surface area contributed by atoms with Gasteiger partial charge in [0, 0.05) is 19.0 Å². The fraction of sp³-hybridized carbons (Fsp3) is 0.400. The van der Waals surface area contributed by atoms with Crippen molar-refractivity contribution in [2.24, 2.45) is 5.73 Å². The molecule has 1 aliphatic heterocycles. The molecule has 0 bridgehead atoms. The summed E-state index contributed by atoms with van der Waals surface area (Å²) < 4.78 is 4.66. The molecule has 1 unspecified atom stereocenters. The van der Waals surface area contributed by atoms with Gasteiger partial charge >= 0.3 is 5.97 Å². The van der Waals surface area contributed by atoms with Gasteiger partial charge in [-0.2, -0.15) is 0 Å². The van der Waals surface area contributed by atoms with E-state index in [0.717, 1.165) is 0 Å². The van der Waals surface area contributed by atoms with Crippen molar-refractivity contribution in [1.29, 1.82) is 0 Å². The van der Waals surface area contributed by atoms with Crippen LogP contribution in [-0.4, -0.2) is 31.6 Å². The number of anilines is 1. The van der Waals surface area contributed by atoms with E-state index in [1.807, 2.05) is 0 Å². The van der Waals surface area contributed by atoms with E-state index in [1.165, 1.54) is 18.4 Å². The average molecular weight is 240 g/mol. The fourth-order valence-corrected chi connectivity index (χ4v) is 2.62. The first-order valence-corrected chi connectivity index (χ1v) is 5.73. The van der Waals surface area contributed by atoms with Gasteiger partial charge in [-0.05, 0) is 11.4 Å². The number of nitrogens with two attached hydrogens (primary N) is 1. The zero-order chi connectivity index (χ0) is 11.7. The van der Waals surface area contributed by atoms with Gasteiger partial charge in [-0.25, -0.2) is 4.79 Å². The number of ether oxygens (including phenoxy) is 1. The molecule has 2 N–H and O–H groups in total. The number of nitrogens with zero attached hydrogens (tertiary/aromatic N) is 1. The molecule has 1 atom stereocenters. The van der Waals surface area contributed by atoms with Gasteiger partial charge in [0.15, 0.2) is 0 Å². The van der Waals surface area contributed by atoms with Gasteiger partial charge in [0.25, 0.3) is 0 Å². The summed E-state index contributed by atoms with van der Waals surface area (Å²) in [5.74, 6) is -0.468. The van der Waals surface area contributed by atoms with Crippen molar-refractivity contribution in [3.63, 3.8) is 0 Å². The summed E-state index contributed by atoms with van der Waals surface area (Å²) in [6.45, 7) is 0.462. The number of methoxy groups -OCH3 is 1. The van der Waals surface area contributed by atoms with Gasteiger partial charge in [-0.3, -0.25) is 4.79 Å². The van der Waals surface area contributed by atoms with Crippen LogP contribution in [0, 0.1) is 0 Å². The van der Waals surface area contributed by atoms with Gasteiger partial charge in [0.2, 0.25) is 5.91 Å². The Balaban J connectivity index is 2.31. The third kappa shape index (κ3) is 1.81. The summed E-state index contributed by atoms with van der Waals surface area (Å²) in [7, 11) is 1.32. The zero-order valence-electron chi connectivity index (χ0n) is 8.80. The Labute approximate surface area is 96.8 Å². The van der Waals surface area contributed by atoms with Crippen LogP contribution in [0.2, 0.25) is 0 Å². The predicted octanol–water partition coefficient (Wildman–Crippen LogP) is 0.599. The summed E-state index contributed by atoms with van der Waals surface area (Å²) >= 11 is 1.34. The van der Waals surface area contributed by atoms with Gasteiger partial charge in [0.05, 0.1) is 12.7 Å². The SMILES string of the molecule is COC(=O)c1ccsc1N1CC(N)CC1=O. The highest BCUT2D eigenvalue weighted by molar-refractivity contribution is 7.14. The summed E-state index contributed by atoms with van der Waals surface area (Å²) in [5, 5.41) is 2.39. The van der Waals surface area contributed by atoms with Crippen LogP contribution in [-0.2, 0) is 9.53 Å². The summed E-state index contributed by atoms with van der Waals surface area (Å²) in [6, 6.07) is 1.50. The van der Waals surface area contributed by atoms with E-state index >= 15 is 0 Å². The van der Waals surface area contributed by atoms with E-state index in [0.29, 0.717) is 23.5 Å². The molecule has 86 valence electrons. The largest absolute Gasteiger partial charge is 0.465 e. The van der Waals surface area contributed by atoms with Crippen molar-refractivity contribution < 1.29 is 14.3 Å². The molecule has 5 nitrogen and oxygen atoms in total. The second kappa shape index (κ2) is 4.23. The number of hydrogen-bond donors (Lipinski definition) is 1. The Kier molecular flexibility index (Phi) is 2.93. The Bertz CT molecular complexity index is 429. The number of amides is 1. The zero-order valence-corrected chi connectivity index (χ0v) is 9.62. The van der Waals surface area contributed by atoms with E-state index in [4.69, 9.17) is 5.73 Å². The molecular formula is C10H12N2O3S. The highest BCUT2D eigenvalue weighted by Gasteiger charge is 2.31. The van der Waals surface area contributed by atoms with Crippen molar-refractivity contribution in [3.05, 3.63) is 17.0 Å². The maximum Gasteiger partial charge on any atom is 0.340 e. The molecule has 0 aromatic carbocycles. The molecule has 1 fully saturated rings. The van der Waals surface area contributed by atoms with Gasteiger partial charge < -0.3 is 15.4 Å². The Morgan fingerprint density at radius 3 is 3.00 bits per heavy atom. The molecule has 0 spiro atoms. The molecule has 0 aliphatic carbocycles. The maximum atomic E-state index is 11.6.